The Balaban J connectivity index is 2.13. The SMILES string of the molecule is C[C@@H]1C[C@H](NC(=O)OC(C)(C)C)CN(c2c([N+](=O)[O-])cnn2C)C1. The molecule has 2 atom stereocenters. The highest BCUT2D eigenvalue weighted by molar-refractivity contribution is 5.68. The van der Waals surface area contributed by atoms with Crippen molar-refractivity contribution < 1.29 is 14.5 Å². The van der Waals surface area contributed by atoms with E-state index in [1.807, 2.05) is 4.90 Å². The van der Waals surface area contributed by atoms with Gasteiger partial charge in [-0.05, 0) is 33.1 Å². The fraction of sp³-hybridized carbons (Fsp3) is 0.733. The molecule has 0 aromatic carbocycles. The lowest BCUT2D eigenvalue weighted by atomic mass is 9.96. The van der Waals surface area contributed by atoms with Crippen molar-refractivity contribution in [2.24, 2.45) is 13.0 Å². The molecule has 1 fully saturated rings. The van der Waals surface area contributed by atoms with Crippen LogP contribution in [0.25, 0.3) is 0 Å². The van der Waals surface area contributed by atoms with E-state index in [1.54, 1.807) is 27.8 Å². The average Bonchev–Trinajstić information content (AvgIpc) is 2.77. The van der Waals surface area contributed by atoms with Gasteiger partial charge >= 0.3 is 11.8 Å². The number of nitrogens with zero attached hydrogens (tertiary/aromatic N) is 4. The minimum absolute atomic E-state index is 0.0254. The molecule has 0 saturated carbocycles. The number of anilines is 1. The molecule has 1 aromatic heterocycles. The zero-order chi connectivity index (χ0) is 18.1. The second-order valence-corrected chi connectivity index (χ2v) is 7.32. The molecular weight excluding hydrogens is 314 g/mol. The van der Waals surface area contributed by atoms with E-state index in [4.69, 9.17) is 4.74 Å². The third-order valence-corrected chi connectivity index (χ3v) is 3.77. The van der Waals surface area contributed by atoms with Crippen LogP contribution in [0.5, 0.6) is 0 Å². The van der Waals surface area contributed by atoms with Crippen LogP contribution in [0.1, 0.15) is 34.1 Å². The molecule has 1 aliphatic rings. The third-order valence-electron chi connectivity index (χ3n) is 3.77. The number of hydrogen-bond donors (Lipinski definition) is 1. The lowest BCUT2D eigenvalue weighted by Gasteiger charge is -2.37. The molecule has 24 heavy (non-hydrogen) atoms. The molecular formula is C15H25N5O4. The summed E-state index contributed by atoms with van der Waals surface area (Å²) in [5, 5.41) is 18.1. The van der Waals surface area contributed by atoms with E-state index in [0.29, 0.717) is 18.9 Å². The largest absolute Gasteiger partial charge is 0.444 e. The molecule has 2 heterocycles. The Morgan fingerprint density at radius 1 is 1.46 bits per heavy atom. The number of carbonyl (C=O) groups is 1. The van der Waals surface area contributed by atoms with Gasteiger partial charge in [0.05, 0.1) is 11.0 Å². The summed E-state index contributed by atoms with van der Waals surface area (Å²) in [4.78, 5) is 24.7. The monoisotopic (exact) mass is 339 g/mol. The van der Waals surface area contributed by atoms with Crippen LogP contribution >= 0.6 is 0 Å². The number of carbonyl (C=O) groups excluding carboxylic acids is 1. The molecule has 2 rings (SSSR count). The van der Waals surface area contributed by atoms with Crippen molar-refractivity contribution in [3.05, 3.63) is 16.3 Å². The number of alkyl carbamates (subject to hydrolysis) is 1. The maximum Gasteiger partial charge on any atom is 0.407 e. The Morgan fingerprint density at radius 3 is 2.71 bits per heavy atom. The fourth-order valence-electron chi connectivity index (χ4n) is 3.02. The second kappa shape index (κ2) is 6.66. The van der Waals surface area contributed by atoms with E-state index in [0.717, 1.165) is 6.42 Å². The maximum atomic E-state index is 12.0. The van der Waals surface area contributed by atoms with Crippen molar-refractivity contribution in [1.29, 1.82) is 0 Å². The van der Waals surface area contributed by atoms with Crippen LogP contribution in [0.15, 0.2) is 6.20 Å². The lowest BCUT2D eigenvalue weighted by molar-refractivity contribution is -0.384. The van der Waals surface area contributed by atoms with E-state index in [1.165, 1.54) is 10.9 Å². The van der Waals surface area contributed by atoms with Gasteiger partial charge in [-0.1, -0.05) is 6.92 Å². The van der Waals surface area contributed by atoms with Crippen LogP contribution < -0.4 is 10.2 Å². The summed E-state index contributed by atoms with van der Waals surface area (Å²) in [7, 11) is 1.68. The Hall–Kier alpha value is -2.32. The van der Waals surface area contributed by atoms with E-state index >= 15 is 0 Å². The average molecular weight is 339 g/mol. The number of aryl methyl sites for hydroxylation is 1. The van der Waals surface area contributed by atoms with E-state index < -0.39 is 16.6 Å². The Bertz CT molecular complexity index is 622. The summed E-state index contributed by atoms with van der Waals surface area (Å²) in [6.07, 6.45) is 1.58. The van der Waals surface area contributed by atoms with Crippen LogP contribution in [0.4, 0.5) is 16.3 Å². The second-order valence-electron chi connectivity index (χ2n) is 7.32. The summed E-state index contributed by atoms with van der Waals surface area (Å²) in [5.41, 5.74) is -0.590. The molecule has 1 saturated heterocycles. The van der Waals surface area contributed by atoms with Crippen molar-refractivity contribution >= 4 is 17.6 Å². The first-order chi connectivity index (χ1) is 11.1. The van der Waals surface area contributed by atoms with Gasteiger partial charge in [0.2, 0.25) is 5.82 Å². The van der Waals surface area contributed by atoms with Crippen LogP contribution in [0.2, 0.25) is 0 Å². The highest BCUT2D eigenvalue weighted by Gasteiger charge is 2.33. The van der Waals surface area contributed by atoms with Crippen molar-refractivity contribution in [1.82, 2.24) is 15.1 Å². The van der Waals surface area contributed by atoms with Gasteiger partial charge in [0, 0.05) is 20.1 Å². The lowest BCUT2D eigenvalue weighted by Crippen LogP contribution is -2.51. The Labute approximate surface area is 141 Å². The molecule has 9 heteroatoms. The van der Waals surface area contributed by atoms with Gasteiger partial charge in [-0.2, -0.15) is 5.10 Å². The highest BCUT2D eigenvalue weighted by Crippen LogP contribution is 2.30. The summed E-state index contributed by atoms with van der Waals surface area (Å²) in [6.45, 7) is 8.62. The van der Waals surface area contributed by atoms with Gasteiger partial charge in [0.1, 0.15) is 11.8 Å². The van der Waals surface area contributed by atoms with Gasteiger partial charge in [0.25, 0.3) is 0 Å². The first kappa shape index (κ1) is 18.0. The molecule has 1 aliphatic heterocycles. The van der Waals surface area contributed by atoms with Crippen LogP contribution in [0.3, 0.4) is 0 Å². The number of nitro groups is 1. The molecule has 0 unspecified atom stereocenters. The first-order valence-electron chi connectivity index (χ1n) is 7.97. The Morgan fingerprint density at radius 2 is 2.12 bits per heavy atom. The molecule has 0 aliphatic carbocycles. The zero-order valence-electron chi connectivity index (χ0n) is 14.8. The maximum absolute atomic E-state index is 12.0. The summed E-state index contributed by atoms with van der Waals surface area (Å²) >= 11 is 0. The quantitative estimate of drug-likeness (QED) is 0.668. The molecule has 9 nitrogen and oxygen atoms in total. The highest BCUT2D eigenvalue weighted by atomic mass is 16.6. The van der Waals surface area contributed by atoms with Crippen LogP contribution in [-0.2, 0) is 11.8 Å². The minimum Gasteiger partial charge on any atom is -0.444 e. The molecule has 1 aromatic rings. The van der Waals surface area contributed by atoms with Crippen molar-refractivity contribution in [3.63, 3.8) is 0 Å². The predicted octanol–water partition coefficient (Wildman–Crippen LogP) is 2.07. The molecule has 134 valence electrons. The smallest absolute Gasteiger partial charge is 0.407 e. The van der Waals surface area contributed by atoms with Gasteiger partial charge in [-0.25, -0.2) is 9.48 Å². The number of nitrogens with one attached hydrogen (secondary N) is 1. The number of aromatic nitrogens is 2. The van der Waals surface area contributed by atoms with Crippen molar-refractivity contribution in [3.8, 4) is 0 Å². The van der Waals surface area contributed by atoms with Crippen molar-refractivity contribution in [2.75, 3.05) is 18.0 Å². The number of piperidine rings is 1. The first-order valence-corrected chi connectivity index (χ1v) is 7.97. The van der Waals surface area contributed by atoms with Gasteiger partial charge in [-0.3, -0.25) is 10.1 Å². The normalized spacial score (nSPS) is 21.5. The van der Waals surface area contributed by atoms with E-state index in [9.17, 15) is 14.9 Å². The summed E-state index contributed by atoms with van der Waals surface area (Å²) in [6, 6.07) is -0.141. The number of amides is 1. The van der Waals surface area contributed by atoms with E-state index in [2.05, 4.69) is 17.3 Å². The molecule has 0 bridgehead atoms. The van der Waals surface area contributed by atoms with E-state index in [-0.39, 0.29) is 17.6 Å². The number of rotatable bonds is 3. The minimum atomic E-state index is -0.565. The topological polar surface area (TPSA) is 103 Å². The third kappa shape index (κ3) is 4.36. The van der Waals surface area contributed by atoms with Crippen LogP contribution in [0, 0.1) is 16.0 Å². The molecule has 1 amide bonds. The number of hydrogen-bond acceptors (Lipinski definition) is 6. The summed E-state index contributed by atoms with van der Waals surface area (Å²) in [5.74, 6) is 0.732. The molecule has 0 spiro atoms. The predicted molar refractivity (Wildman–Crippen MR) is 89.0 cm³/mol. The number of ether oxygens (including phenoxy) is 1. The Kier molecular flexibility index (Phi) is 5.00. The van der Waals surface area contributed by atoms with Crippen LogP contribution in [-0.4, -0.2) is 45.5 Å². The van der Waals surface area contributed by atoms with Gasteiger partial charge in [-0.15, -0.1) is 0 Å². The van der Waals surface area contributed by atoms with Gasteiger partial charge in [0.15, 0.2) is 0 Å². The zero-order valence-corrected chi connectivity index (χ0v) is 14.8. The van der Waals surface area contributed by atoms with Crippen molar-refractivity contribution in [2.45, 2.75) is 45.8 Å². The summed E-state index contributed by atoms with van der Waals surface area (Å²) < 4.78 is 6.79. The standard InChI is InChI=1S/C15H25N5O4/c1-10-6-11(17-14(21)24-15(2,3)4)9-19(8-10)13-12(20(22)23)7-16-18(13)5/h7,10-11H,6,8-9H2,1-5H3,(H,17,21)/t10-,11+/m1/s1. The van der Waals surface area contributed by atoms with Gasteiger partial charge < -0.3 is 15.0 Å². The fourth-order valence-corrected chi connectivity index (χ4v) is 3.02. The molecule has 0 radical (unpaired) electrons. The molecule has 1 N–H and O–H groups in total.